The number of furan rings is 1. The summed E-state index contributed by atoms with van der Waals surface area (Å²) >= 11 is 0. The number of aliphatic imine (C=N–C) groups is 2. The zero-order valence-corrected chi connectivity index (χ0v) is 19.3. The molecule has 0 bridgehead atoms. The number of hydrogen-bond donors (Lipinski definition) is 2. The molecular weight excluding hydrogens is 474 g/mol. The van der Waals surface area contributed by atoms with Crippen LogP contribution in [-0.2, 0) is 0 Å². The third kappa shape index (κ3) is 5.25. The van der Waals surface area contributed by atoms with Crippen molar-refractivity contribution in [1.82, 2.24) is 9.97 Å². The van der Waals surface area contributed by atoms with Crippen LogP contribution in [-0.4, -0.2) is 21.6 Å². The molecule has 5 aromatic rings. The van der Waals surface area contributed by atoms with Crippen molar-refractivity contribution in [1.29, 1.82) is 0 Å². The predicted octanol–water partition coefficient (Wildman–Crippen LogP) is 5.76. The molecule has 0 saturated carbocycles. The summed E-state index contributed by atoms with van der Waals surface area (Å²) in [4.78, 5) is 16.7. The third-order valence-corrected chi connectivity index (χ3v) is 5.40. The van der Waals surface area contributed by atoms with Gasteiger partial charge in [-0.1, -0.05) is 12.1 Å². The zero-order valence-electron chi connectivity index (χ0n) is 19.3. The van der Waals surface area contributed by atoms with E-state index in [1.807, 2.05) is 0 Å². The van der Waals surface area contributed by atoms with Gasteiger partial charge in [0.15, 0.2) is 0 Å². The van der Waals surface area contributed by atoms with E-state index in [1.54, 1.807) is 73.1 Å². The SMILES string of the molecule is NC(=Nc1ccc(-c2ccc(-c3ccc(N=C(N)c4ccccn4)cc3F)o2)c(F)c1)c1ccccn1. The monoisotopic (exact) mass is 494 g/mol. The fourth-order valence-electron chi connectivity index (χ4n) is 3.60. The molecule has 4 N–H and O–H groups in total. The summed E-state index contributed by atoms with van der Waals surface area (Å²) in [7, 11) is 0. The third-order valence-electron chi connectivity index (χ3n) is 5.40. The topological polar surface area (TPSA) is 116 Å². The summed E-state index contributed by atoms with van der Waals surface area (Å²) < 4.78 is 35.6. The number of nitrogens with zero attached hydrogens (tertiary/aromatic N) is 4. The molecule has 3 aromatic heterocycles. The largest absolute Gasteiger partial charge is 0.456 e. The average molecular weight is 495 g/mol. The molecule has 0 aliphatic carbocycles. The van der Waals surface area contributed by atoms with Crippen molar-refractivity contribution >= 4 is 23.0 Å². The van der Waals surface area contributed by atoms with E-state index >= 15 is 0 Å². The lowest BCUT2D eigenvalue weighted by Gasteiger charge is -2.05. The molecule has 0 saturated heterocycles. The van der Waals surface area contributed by atoms with Gasteiger partial charge in [0.1, 0.15) is 46.2 Å². The number of halogens is 2. The van der Waals surface area contributed by atoms with Crippen molar-refractivity contribution < 1.29 is 13.2 Å². The fraction of sp³-hybridized carbons (Fsp3) is 0. The molecule has 182 valence electrons. The van der Waals surface area contributed by atoms with E-state index in [0.717, 1.165) is 0 Å². The second-order valence-corrected chi connectivity index (χ2v) is 7.92. The van der Waals surface area contributed by atoms with Gasteiger partial charge in [-0.3, -0.25) is 9.97 Å². The van der Waals surface area contributed by atoms with Crippen molar-refractivity contribution in [3.8, 4) is 22.6 Å². The van der Waals surface area contributed by atoms with Crippen LogP contribution in [0.1, 0.15) is 11.4 Å². The number of nitrogens with two attached hydrogens (primary N) is 2. The molecule has 0 spiro atoms. The van der Waals surface area contributed by atoms with E-state index in [0.29, 0.717) is 22.8 Å². The number of benzene rings is 2. The van der Waals surface area contributed by atoms with Crippen molar-refractivity contribution in [2.45, 2.75) is 0 Å². The Labute approximate surface area is 210 Å². The average Bonchev–Trinajstić information content (AvgIpc) is 3.39. The van der Waals surface area contributed by atoms with E-state index in [9.17, 15) is 8.78 Å². The molecule has 0 amide bonds. The first kappa shape index (κ1) is 23.6. The molecule has 2 aromatic carbocycles. The molecule has 3 heterocycles. The molecule has 0 fully saturated rings. The number of pyridine rings is 2. The number of rotatable bonds is 6. The van der Waals surface area contributed by atoms with Crippen molar-refractivity contribution in [2.24, 2.45) is 21.5 Å². The maximum absolute atomic E-state index is 14.9. The van der Waals surface area contributed by atoms with Gasteiger partial charge in [0, 0.05) is 24.5 Å². The Balaban J connectivity index is 1.37. The Morgan fingerprint density at radius 2 is 1.08 bits per heavy atom. The Morgan fingerprint density at radius 1 is 0.622 bits per heavy atom. The standard InChI is InChI=1S/C28H20F2N6O/c29-21-15-17(35-27(31)23-5-1-3-13-33-23)7-9-19(21)25-11-12-26(37-25)20-10-8-18(16-22(20)30)36-28(32)24-6-2-4-14-34-24/h1-16H,(H2,31,35)(H2,32,36). The van der Waals surface area contributed by atoms with Crippen LogP contribution in [0.2, 0.25) is 0 Å². The van der Waals surface area contributed by atoms with Gasteiger partial charge < -0.3 is 15.9 Å². The first-order valence-electron chi connectivity index (χ1n) is 11.2. The molecule has 37 heavy (non-hydrogen) atoms. The van der Waals surface area contributed by atoms with Crippen molar-refractivity contribution in [2.75, 3.05) is 0 Å². The second-order valence-electron chi connectivity index (χ2n) is 7.92. The number of hydrogen-bond acceptors (Lipinski definition) is 5. The van der Waals surface area contributed by atoms with E-state index in [2.05, 4.69) is 20.0 Å². The van der Waals surface area contributed by atoms with Gasteiger partial charge in [0.2, 0.25) is 0 Å². The van der Waals surface area contributed by atoms with Crippen molar-refractivity contribution in [3.63, 3.8) is 0 Å². The van der Waals surface area contributed by atoms with Gasteiger partial charge in [0.05, 0.1) is 22.5 Å². The van der Waals surface area contributed by atoms with Crippen LogP contribution in [0.3, 0.4) is 0 Å². The summed E-state index contributed by atoms with van der Waals surface area (Å²) in [5, 5.41) is 0. The molecule has 0 unspecified atom stereocenters. The van der Waals surface area contributed by atoms with Crippen LogP contribution in [0, 0.1) is 11.6 Å². The van der Waals surface area contributed by atoms with E-state index in [-0.39, 0.29) is 34.3 Å². The van der Waals surface area contributed by atoms with Gasteiger partial charge in [-0.25, -0.2) is 18.8 Å². The normalized spacial score (nSPS) is 12.1. The highest BCUT2D eigenvalue weighted by Gasteiger charge is 2.15. The van der Waals surface area contributed by atoms with E-state index in [1.165, 1.54) is 24.3 Å². The molecule has 0 radical (unpaired) electrons. The quantitative estimate of drug-likeness (QED) is 0.230. The molecule has 0 aliphatic rings. The van der Waals surface area contributed by atoms with Gasteiger partial charge in [-0.15, -0.1) is 0 Å². The van der Waals surface area contributed by atoms with Gasteiger partial charge in [-0.2, -0.15) is 0 Å². The molecular formula is C28H20F2N6O. The van der Waals surface area contributed by atoms with Crippen LogP contribution in [0.15, 0.2) is 112 Å². The van der Waals surface area contributed by atoms with Crippen molar-refractivity contribution in [3.05, 3.63) is 120 Å². The maximum atomic E-state index is 14.9. The Bertz CT molecular complexity index is 1500. The Kier molecular flexibility index (Phi) is 6.50. The summed E-state index contributed by atoms with van der Waals surface area (Å²) in [5.41, 5.74) is 14.0. The highest BCUT2D eigenvalue weighted by molar-refractivity contribution is 5.97. The van der Waals surface area contributed by atoms with Crippen LogP contribution in [0.4, 0.5) is 20.2 Å². The maximum Gasteiger partial charge on any atom is 0.150 e. The second kappa shape index (κ2) is 10.2. The molecule has 9 heteroatoms. The first-order valence-corrected chi connectivity index (χ1v) is 11.2. The van der Waals surface area contributed by atoms with Crippen LogP contribution >= 0.6 is 0 Å². The summed E-state index contributed by atoms with van der Waals surface area (Å²) in [5.74, 6) is -0.323. The van der Waals surface area contributed by atoms with E-state index in [4.69, 9.17) is 15.9 Å². The minimum absolute atomic E-state index is 0.165. The fourth-order valence-corrected chi connectivity index (χ4v) is 3.60. The Morgan fingerprint density at radius 3 is 1.46 bits per heavy atom. The zero-order chi connectivity index (χ0) is 25.8. The lowest BCUT2D eigenvalue weighted by atomic mass is 10.1. The molecule has 0 atom stereocenters. The minimum atomic E-state index is -0.564. The van der Waals surface area contributed by atoms with Gasteiger partial charge in [-0.05, 0) is 60.7 Å². The summed E-state index contributed by atoms with van der Waals surface area (Å²) in [6, 6.07) is 22.4. The smallest absolute Gasteiger partial charge is 0.150 e. The highest BCUT2D eigenvalue weighted by atomic mass is 19.1. The lowest BCUT2D eigenvalue weighted by Crippen LogP contribution is -2.14. The van der Waals surface area contributed by atoms with Gasteiger partial charge in [0.25, 0.3) is 0 Å². The molecule has 0 aliphatic heterocycles. The predicted molar refractivity (Wildman–Crippen MR) is 139 cm³/mol. The molecule has 5 rings (SSSR count). The summed E-state index contributed by atoms with van der Waals surface area (Å²) in [6.45, 7) is 0. The van der Waals surface area contributed by atoms with Gasteiger partial charge >= 0.3 is 0 Å². The highest BCUT2D eigenvalue weighted by Crippen LogP contribution is 2.33. The van der Waals surface area contributed by atoms with Crippen LogP contribution in [0.5, 0.6) is 0 Å². The Hall–Kier alpha value is -5.18. The first-order chi connectivity index (χ1) is 18.0. The summed E-state index contributed by atoms with van der Waals surface area (Å²) in [6.07, 6.45) is 3.19. The van der Waals surface area contributed by atoms with Crippen LogP contribution in [0.25, 0.3) is 22.6 Å². The number of amidine groups is 2. The number of aromatic nitrogens is 2. The van der Waals surface area contributed by atoms with E-state index < -0.39 is 11.6 Å². The lowest BCUT2D eigenvalue weighted by molar-refractivity contribution is 0.571. The molecule has 7 nitrogen and oxygen atoms in total. The minimum Gasteiger partial charge on any atom is -0.456 e. The van der Waals surface area contributed by atoms with Crippen LogP contribution < -0.4 is 11.5 Å².